The minimum absolute atomic E-state index is 0.0110. The third-order valence-electron chi connectivity index (χ3n) is 4.97. The van der Waals surface area contributed by atoms with Gasteiger partial charge < -0.3 is 19.9 Å². The van der Waals surface area contributed by atoms with Gasteiger partial charge in [0.2, 0.25) is 0 Å². The van der Waals surface area contributed by atoms with Gasteiger partial charge in [-0.25, -0.2) is 14.4 Å². The predicted molar refractivity (Wildman–Crippen MR) is 124 cm³/mol. The van der Waals surface area contributed by atoms with Crippen molar-refractivity contribution in [2.75, 3.05) is 44.0 Å². The number of halogens is 2. The maximum Gasteiger partial charge on any atom is 0.250 e. The summed E-state index contributed by atoms with van der Waals surface area (Å²) in [6.45, 7) is 1.71. The van der Waals surface area contributed by atoms with Crippen molar-refractivity contribution < 1.29 is 13.9 Å². The van der Waals surface area contributed by atoms with Gasteiger partial charge in [0.05, 0.1) is 22.8 Å². The van der Waals surface area contributed by atoms with Crippen LogP contribution in [0.4, 0.5) is 21.6 Å². The van der Waals surface area contributed by atoms with Crippen LogP contribution in [0.25, 0.3) is 10.9 Å². The molecule has 0 radical (unpaired) electrons. The molecule has 0 saturated heterocycles. The molecule has 0 aliphatic carbocycles. The van der Waals surface area contributed by atoms with Gasteiger partial charge in [-0.15, -0.1) is 0 Å². The molecule has 2 aromatic carbocycles. The SMILES string of the molecule is CN(C)C/C=C/C(=O)N1CCCOc2cc3ncnc(Nc4ccc(F)c(Cl)c4)c3cc21. The highest BCUT2D eigenvalue weighted by molar-refractivity contribution is 6.31. The molecule has 1 amide bonds. The first kappa shape index (κ1) is 22.0. The first-order valence-electron chi connectivity index (χ1n) is 10.2. The van der Waals surface area contributed by atoms with E-state index in [1.165, 1.54) is 18.5 Å². The Morgan fingerprint density at radius 1 is 1.31 bits per heavy atom. The Balaban J connectivity index is 1.73. The molecule has 3 aromatic rings. The molecular formula is C23H23ClFN5O2. The van der Waals surface area contributed by atoms with E-state index in [1.807, 2.05) is 37.2 Å². The minimum Gasteiger partial charge on any atom is -0.491 e. The average molecular weight is 456 g/mol. The van der Waals surface area contributed by atoms with Crippen LogP contribution < -0.4 is 15.0 Å². The second kappa shape index (κ2) is 9.50. The van der Waals surface area contributed by atoms with Crippen LogP contribution in [0.3, 0.4) is 0 Å². The van der Waals surface area contributed by atoms with Crippen molar-refractivity contribution in [2.24, 2.45) is 0 Å². The molecule has 0 spiro atoms. The Morgan fingerprint density at radius 3 is 2.94 bits per heavy atom. The Hall–Kier alpha value is -3.23. The summed E-state index contributed by atoms with van der Waals surface area (Å²) in [6.07, 6.45) is 5.57. The van der Waals surface area contributed by atoms with Crippen molar-refractivity contribution in [3.05, 3.63) is 59.7 Å². The highest BCUT2D eigenvalue weighted by Gasteiger charge is 2.23. The van der Waals surface area contributed by atoms with Crippen LogP contribution in [-0.2, 0) is 4.79 Å². The number of carbonyl (C=O) groups is 1. The maximum atomic E-state index is 13.5. The first-order valence-corrected chi connectivity index (χ1v) is 10.6. The van der Waals surface area contributed by atoms with E-state index in [4.69, 9.17) is 16.3 Å². The monoisotopic (exact) mass is 455 g/mol. The highest BCUT2D eigenvalue weighted by Crippen LogP contribution is 2.37. The van der Waals surface area contributed by atoms with E-state index in [0.29, 0.717) is 60.0 Å². The van der Waals surface area contributed by atoms with Crippen molar-refractivity contribution in [2.45, 2.75) is 6.42 Å². The molecule has 1 N–H and O–H groups in total. The van der Waals surface area contributed by atoms with E-state index in [2.05, 4.69) is 15.3 Å². The number of amides is 1. The molecule has 32 heavy (non-hydrogen) atoms. The number of carbonyl (C=O) groups excluding carboxylic acids is 1. The molecular weight excluding hydrogens is 433 g/mol. The number of ether oxygens (including phenoxy) is 1. The second-order valence-electron chi connectivity index (χ2n) is 7.67. The van der Waals surface area contributed by atoms with Crippen LogP contribution >= 0.6 is 11.6 Å². The lowest BCUT2D eigenvalue weighted by atomic mass is 10.1. The van der Waals surface area contributed by atoms with Gasteiger partial charge in [0, 0.05) is 36.3 Å². The average Bonchev–Trinajstić information content (AvgIpc) is 2.97. The van der Waals surface area contributed by atoms with Gasteiger partial charge in [0.15, 0.2) is 0 Å². The number of fused-ring (bicyclic) bond motifs is 2. The summed E-state index contributed by atoms with van der Waals surface area (Å²) in [7, 11) is 3.89. The van der Waals surface area contributed by atoms with Crippen LogP contribution in [0.15, 0.2) is 48.8 Å². The van der Waals surface area contributed by atoms with Gasteiger partial charge in [0.1, 0.15) is 23.7 Å². The van der Waals surface area contributed by atoms with Gasteiger partial charge in [-0.1, -0.05) is 17.7 Å². The molecule has 0 bridgehead atoms. The fourth-order valence-corrected chi connectivity index (χ4v) is 3.60. The van der Waals surface area contributed by atoms with Gasteiger partial charge in [-0.3, -0.25) is 4.79 Å². The van der Waals surface area contributed by atoms with E-state index < -0.39 is 5.82 Å². The molecule has 0 saturated carbocycles. The van der Waals surface area contributed by atoms with E-state index in [9.17, 15) is 9.18 Å². The van der Waals surface area contributed by atoms with Crippen LogP contribution in [-0.4, -0.2) is 54.6 Å². The Morgan fingerprint density at radius 2 is 2.16 bits per heavy atom. The summed E-state index contributed by atoms with van der Waals surface area (Å²) in [5.74, 6) is 0.498. The molecule has 0 atom stereocenters. The fraction of sp³-hybridized carbons (Fsp3) is 0.261. The van der Waals surface area contributed by atoms with E-state index in [1.54, 1.807) is 17.0 Å². The summed E-state index contributed by atoms with van der Waals surface area (Å²) in [5.41, 5.74) is 1.90. The van der Waals surface area contributed by atoms with E-state index in [0.717, 1.165) is 0 Å². The number of hydrogen-bond donors (Lipinski definition) is 1. The quantitative estimate of drug-likeness (QED) is 0.575. The summed E-state index contributed by atoms with van der Waals surface area (Å²) < 4.78 is 19.4. The number of nitrogens with zero attached hydrogens (tertiary/aromatic N) is 4. The number of likely N-dealkylation sites (N-methyl/N-ethyl adjacent to an activating group) is 1. The Bertz CT molecular complexity index is 1180. The first-order chi connectivity index (χ1) is 15.4. The normalized spacial score (nSPS) is 13.8. The second-order valence-corrected chi connectivity index (χ2v) is 8.08. The highest BCUT2D eigenvalue weighted by atomic mass is 35.5. The lowest BCUT2D eigenvalue weighted by Crippen LogP contribution is -2.30. The largest absolute Gasteiger partial charge is 0.491 e. The minimum atomic E-state index is -0.497. The van der Waals surface area contributed by atoms with Crippen molar-refractivity contribution in [3.8, 4) is 5.75 Å². The van der Waals surface area contributed by atoms with E-state index >= 15 is 0 Å². The van der Waals surface area contributed by atoms with Crippen molar-refractivity contribution in [1.82, 2.24) is 14.9 Å². The Labute approximate surface area is 190 Å². The lowest BCUT2D eigenvalue weighted by molar-refractivity contribution is -0.114. The van der Waals surface area contributed by atoms with Crippen molar-refractivity contribution >= 4 is 45.6 Å². The zero-order valence-corrected chi connectivity index (χ0v) is 18.6. The van der Waals surface area contributed by atoms with Crippen LogP contribution in [0.5, 0.6) is 5.75 Å². The van der Waals surface area contributed by atoms with Crippen LogP contribution in [0.2, 0.25) is 5.02 Å². The molecule has 1 aliphatic rings. The number of benzene rings is 2. The molecule has 9 heteroatoms. The lowest BCUT2D eigenvalue weighted by Gasteiger charge is -2.21. The van der Waals surface area contributed by atoms with Crippen molar-refractivity contribution in [3.63, 3.8) is 0 Å². The van der Waals surface area contributed by atoms with E-state index in [-0.39, 0.29) is 10.9 Å². The van der Waals surface area contributed by atoms with Gasteiger partial charge in [-0.05, 0) is 44.8 Å². The van der Waals surface area contributed by atoms with Crippen molar-refractivity contribution in [1.29, 1.82) is 0 Å². The topological polar surface area (TPSA) is 70.6 Å². The number of hydrogen-bond acceptors (Lipinski definition) is 6. The number of nitrogens with one attached hydrogen (secondary N) is 1. The molecule has 7 nitrogen and oxygen atoms in total. The standard InChI is InChI=1S/C23H23ClFN5O2/c1-29(2)8-3-5-22(31)30-9-4-10-32-21-13-19-16(12-20(21)30)23(27-14-26-19)28-15-6-7-18(25)17(24)11-15/h3,5-7,11-14H,4,8-10H2,1-2H3,(H,26,27,28)/b5-3+. The number of rotatable bonds is 5. The molecule has 2 heterocycles. The predicted octanol–water partition coefficient (Wildman–Crippen LogP) is 4.40. The number of aromatic nitrogens is 2. The third-order valence-corrected chi connectivity index (χ3v) is 5.26. The summed E-state index contributed by atoms with van der Waals surface area (Å²) in [5, 5.41) is 3.87. The molecule has 4 rings (SSSR count). The molecule has 1 aliphatic heterocycles. The maximum absolute atomic E-state index is 13.5. The third kappa shape index (κ3) is 4.81. The zero-order chi connectivity index (χ0) is 22.7. The summed E-state index contributed by atoms with van der Waals surface area (Å²) in [6, 6.07) is 8.01. The van der Waals surface area contributed by atoms with Gasteiger partial charge in [-0.2, -0.15) is 0 Å². The summed E-state index contributed by atoms with van der Waals surface area (Å²) >= 11 is 5.91. The molecule has 1 aromatic heterocycles. The fourth-order valence-electron chi connectivity index (χ4n) is 3.42. The van der Waals surface area contributed by atoms with Crippen LogP contribution in [0, 0.1) is 5.82 Å². The van der Waals surface area contributed by atoms with Gasteiger partial charge in [0.25, 0.3) is 5.91 Å². The number of anilines is 3. The van der Waals surface area contributed by atoms with Gasteiger partial charge >= 0.3 is 0 Å². The Kier molecular flexibility index (Phi) is 6.53. The molecule has 0 unspecified atom stereocenters. The smallest absolute Gasteiger partial charge is 0.250 e. The van der Waals surface area contributed by atoms with Crippen LogP contribution in [0.1, 0.15) is 6.42 Å². The summed E-state index contributed by atoms with van der Waals surface area (Å²) in [4.78, 5) is 25.3. The molecule has 0 fully saturated rings. The zero-order valence-electron chi connectivity index (χ0n) is 17.8. The molecule has 166 valence electrons.